The Kier molecular flexibility index (Phi) is 9.52. The second kappa shape index (κ2) is 9.93. The zero-order valence-corrected chi connectivity index (χ0v) is 9.54. The number of hydrogen-bond acceptors (Lipinski definition) is 3. The van der Waals surface area contributed by atoms with Crippen molar-refractivity contribution in [3.05, 3.63) is 0 Å². The van der Waals surface area contributed by atoms with Gasteiger partial charge in [-0.05, 0) is 19.4 Å². The number of carbonyl (C=O) groups is 1. The molecular weight excluding hydrogens is 194 g/mol. The van der Waals surface area contributed by atoms with E-state index in [0.717, 1.165) is 19.4 Å². The molecule has 15 heavy (non-hydrogen) atoms. The molecule has 0 saturated heterocycles. The molecule has 0 saturated carbocycles. The second-order valence-corrected chi connectivity index (χ2v) is 3.77. The lowest BCUT2D eigenvalue weighted by molar-refractivity contribution is -0.139. The first-order chi connectivity index (χ1) is 7.22. The Hall–Kier alpha value is -0.610. The second-order valence-electron chi connectivity index (χ2n) is 3.77. The van der Waals surface area contributed by atoms with E-state index in [1.54, 1.807) is 0 Å². The smallest absolute Gasteiger partial charge is 0.320 e. The predicted molar refractivity (Wildman–Crippen MR) is 59.9 cm³/mol. The molecule has 0 heterocycles. The Morgan fingerprint density at radius 1 is 1.27 bits per heavy atom. The Morgan fingerprint density at radius 3 is 2.47 bits per heavy atom. The van der Waals surface area contributed by atoms with Crippen molar-refractivity contribution in [3.63, 3.8) is 0 Å². The van der Waals surface area contributed by atoms with E-state index in [0.29, 0.717) is 0 Å². The van der Waals surface area contributed by atoms with Gasteiger partial charge in [0.2, 0.25) is 0 Å². The highest BCUT2D eigenvalue weighted by molar-refractivity contribution is 5.73. The van der Waals surface area contributed by atoms with Gasteiger partial charge < -0.3 is 15.5 Å². The van der Waals surface area contributed by atoms with Gasteiger partial charge in [0.25, 0.3) is 0 Å². The molecule has 0 aromatic heterocycles. The van der Waals surface area contributed by atoms with Gasteiger partial charge in [0.15, 0.2) is 0 Å². The molecule has 0 spiro atoms. The topological polar surface area (TPSA) is 69.6 Å². The highest BCUT2D eigenvalue weighted by atomic mass is 16.4. The summed E-state index contributed by atoms with van der Waals surface area (Å²) in [5, 5.41) is 20.4. The molecule has 0 rings (SSSR count). The lowest BCUT2D eigenvalue weighted by Gasteiger charge is -2.12. The van der Waals surface area contributed by atoms with Crippen LogP contribution >= 0.6 is 0 Å². The number of rotatable bonds is 10. The van der Waals surface area contributed by atoms with Crippen molar-refractivity contribution in [2.45, 2.75) is 51.5 Å². The third-order valence-electron chi connectivity index (χ3n) is 2.39. The Labute approximate surface area is 91.7 Å². The first kappa shape index (κ1) is 14.4. The van der Waals surface area contributed by atoms with E-state index in [4.69, 9.17) is 10.2 Å². The summed E-state index contributed by atoms with van der Waals surface area (Å²) in [4.78, 5) is 10.7. The molecule has 90 valence electrons. The molecule has 3 N–H and O–H groups in total. The molecule has 0 aromatic rings. The number of nitrogens with one attached hydrogen (secondary N) is 1. The number of aliphatic hydroxyl groups excluding tert-OH is 1. The van der Waals surface area contributed by atoms with Gasteiger partial charge in [-0.15, -0.1) is 0 Å². The number of aliphatic hydroxyl groups is 1. The summed E-state index contributed by atoms with van der Waals surface area (Å²) in [6.07, 6.45) is 6.12. The van der Waals surface area contributed by atoms with Crippen LogP contribution in [0, 0.1) is 0 Å². The minimum atomic E-state index is -0.877. The van der Waals surface area contributed by atoms with E-state index in [1.165, 1.54) is 19.3 Å². The van der Waals surface area contributed by atoms with E-state index in [1.807, 2.05) is 0 Å². The molecule has 0 bridgehead atoms. The van der Waals surface area contributed by atoms with E-state index >= 15 is 0 Å². The van der Waals surface area contributed by atoms with E-state index in [2.05, 4.69) is 12.2 Å². The molecule has 0 aliphatic rings. The Morgan fingerprint density at radius 2 is 1.93 bits per heavy atom. The Balaban J connectivity index is 3.41. The van der Waals surface area contributed by atoms with Crippen LogP contribution in [-0.2, 0) is 4.79 Å². The van der Waals surface area contributed by atoms with Crippen LogP contribution in [0.15, 0.2) is 0 Å². The minimum absolute atomic E-state index is 0.0835. The molecular formula is C11H23NO3. The van der Waals surface area contributed by atoms with Crippen LogP contribution < -0.4 is 5.32 Å². The first-order valence-corrected chi connectivity index (χ1v) is 5.79. The van der Waals surface area contributed by atoms with Gasteiger partial charge in [0.05, 0.1) is 0 Å². The zero-order chi connectivity index (χ0) is 11.5. The first-order valence-electron chi connectivity index (χ1n) is 5.79. The Bertz CT molecular complexity index is 162. The number of carboxylic acids is 1. The highest BCUT2D eigenvalue weighted by Gasteiger charge is 2.14. The number of unbranched alkanes of at least 4 members (excludes halogenated alkanes) is 4. The fourth-order valence-electron chi connectivity index (χ4n) is 1.45. The minimum Gasteiger partial charge on any atom is -0.480 e. The highest BCUT2D eigenvalue weighted by Crippen LogP contribution is 2.01. The van der Waals surface area contributed by atoms with Crippen molar-refractivity contribution in [1.82, 2.24) is 5.32 Å². The lowest BCUT2D eigenvalue weighted by Crippen LogP contribution is -2.37. The zero-order valence-electron chi connectivity index (χ0n) is 9.54. The van der Waals surface area contributed by atoms with Gasteiger partial charge >= 0.3 is 5.97 Å². The summed E-state index contributed by atoms with van der Waals surface area (Å²) in [6, 6.07) is -0.596. The van der Waals surface area contributed by atoms with Crippen molar-refractivity contribution in [3.8, 4) is 0 Å². The molecule has 1 atom stereocenters. The maximum atomic E-state index is 10.7. The molecule has 0 aliphatic heterocycles. The molecule has 0 aromatic carbocycles. The van der Waals surface area contributed by atoms with Crippen LogP contribution in [-0.4, -0.2) is 35.4 Å². The summed E-state index contributed by atoms with van der Waals surface area (Å²) in [5.74, 6) is -0.877. The van der Waals surface area contributed by atoms with Gasteiger partial charge in [0.1, 0.15) is 6.04 Å². The van der Waals surface area contributed by atoms with E-state index in [9.17, 15) is 4.79 Å². The monoisotopic (exact) mass is 217 g/mol. The largest absolute Gasteiger partial charge is 0.480 e. The number of carboxylic acid groups (broad SMARTS) is 1. The average Bonchev–Trinajstić information content (AvgIpc) is 2.21. The maximum absolute atomic E-state index is 10.7. The maximum Gasteiger partial charge on any atom is 0.320 e. The SMILES string of the molecule is CCCCCCCNC(CCO)C(=O)O. The van der Waals surface area contributed by atoms with Gasteiger partial charge in [-0.25, -0.2) is 0 Å². The third-order valence-corrected chi connectivity index (χ3v) is 2.39. The molecule has 0 amide bonds. The lowest BCUT2D eigenvalue weighted by atomic mass is 10.1. The van der Waals surface area contributed by atoms with E-state index in [-0.39, 0.29) is 13.0 Å². The van der Waals surface area contributed by atoms with Gasteiger partial charge in [-0.2, -0.15) is 0 Å². The molecule has 4 nitrogen and oxygen atoms in total. The quantitative estimate of drug-likeness (QED) is 0.484. The third kappa shape index (κ3) is 8.39. The van der Waals surface area contributed by atoms with Crippen LogP contribution in [0.4, 0.5) is 0 Å². The summed E-state index contributed by atoms with van der Waals surface area (Å²) in [7, 11) is 0. The number of hydrogen-bond donors (Lipinski definition) is 3. The molecule has 4 heteroatoms. The van der Waals surface area contributed by atoms with Crippen molar-refractivity contribution in [2.75, 3.05) is 13.2 Å². The number of aliphatic carboxylic acids is 1. The average molecular weight is 217 g/mol. The van der Waals surface area contributed by atoms with Crippen LogP contribution in [0.25, 0.3) is 0 Å². The van der Waals surface area contributed by atoms with Gasteiger partial charge in [-0.3, -0.25) is 4.79 Å². The molecule has 0 fully saturated rings. The fourth-order valence-corrected chi connectivity index (χ4v) is 1.45. The summed E-state index contributed by atoms with van der Waals surface area (Å²) >= 11 is 0. The van der Waals surface area contributed by atoms with Crippen LogP contribution in [0.2, 0.25) is 0 Å². The molecule has 0 aliphatic carbocycles. The van der Waals surface area contributed by atoms with E-state index < -0.39 is 12.0 Å². The van der Waals surface area contributed by atoms with Crippen molar-refractivity contribution in [2.24, 2.45) is 0 Å². The van der Waals surface area contributed by atoms with Crippen molar-refractivity contribution < 1.29 is 15.0 Å². The predicted octanol–water partition coefficient (Wildman–Crippen LogP) is 1.38. The summed E-state index contributed by atoms with van der Waals surface area (Å²) < 4.78 is 0. The van der Waals surface area contributed by atoms with Crippen LogP contribution in [0.3, 0.4) is 0 Å². The fraction of sp³-hybridized carbons (Fsp3) is 0.909. The van der Waals surface area contributed by atoms with Crippen molar-refractivity contribution >= 4 is 5.97 Å². The summed E-state index contributed by atoms with van der Waals surface area (Å²) in [5.41, 5.74) is 0. The van der Waals surface area contributed by atoms with Crippen LogP contribution in [0.1, 0.15) is 45.4 Å². The molecule has 0 radical (unpaired) electrons. The standard InChI is InChI=1S/C11H23NO3/c1-2-3-4-5-6-8-12-10(7-9-13)11(14)15/h10,12-13H,2-9H2,1H3,(H,14,15). The van der Waals surface area contributed by atoms with Gasteiger partial charge in [-0.1, -0.05) is 32.6 Å². The molecule has 1 unspecified atom stereocenters. The van der Waals surface area contributed by atoms with Crippen molar-refractivity contribution in [1.29, 1.82) is 0 Å². The van der Waals surface area contributed by atoms with Gasteiger partial charge in [0, 0.05) is 6.61 Å². The van der Waals surface area contributed by atoms with Crippen LogP contribution in [0.5, 0.6) is 0 Å². The normalized spacial score (nSPS) is 12.7. The summed E-state index contributed by atoms with van der Waals surface area (Å²) in [6.45, 7) is 2.81.